The number of benzene rings is 1. The molecule has 0 radical (unpaired) electrons. The monoisotopic (exact) mass is 322 g/mol. The number of nitrogens with zero attached hydrogens (tertiary/aromatic N) is 1. The molecule has 0 aromatic heterocycles. The van der Waals surface area contributed by atoms with Crippen molar-refractivity contribution in [2.75, 3.05) is 19.6 Å². The van der Waals surface area contributed by atoms with Gasteiger partial charge in [0, 0.05) is 25.7 Å². The summed E-state index contributed by atoms with van der Waals surface area (Å²) in [6.45, 7) is 4.15. The summed E-state index contributed by atoms with van der Waals surface area (Å²) in [5.74, 6) is 0. The molecule has 0 saturated carbocycles. The SMILES string of the molecule is Cc1c(C(F)(F)F)cccc1S(=O)(=O)N1CCNC[C@H]1C. The molecule has 118 valence electrons. The zero-order valence-electron chi connectivity index (χ0n) is 11.7. The summed E-state index contributed by atoms with van der Waals surface area (Å²) < 4.78 is 65.3. The van der Waals surface area contributed by atoms with Gasteiger partial charge in [0.05, 0.1) is 10.5 Å². The molecule has 0 amide bonds. The maximum absolute atomic E-state index is 12.9. The van der Waals surface area contributed by atoms with Crippen LogP contribution in [0.3, 0.4) is 0 Å². The first kappa shape index (κ1) is 16.3. The first-order chi connectivity index (χ1) is 9.65. The Labute approximate surface area is 122 Å². The first-order valence-corrected chi connectivity index (χ1v) is 7.99. The molecule has 1 aliphatic heterocycles. The molecule has 1 atom stereocenters. The maximum atomic E-state index is 12.9. The lowest BCUT2D eigenvalue weighted by Crippen LogP contribution is -2.52. The molecular formula is C13H17F3N2O2S. The lowest BCUT2D eigenvalue weighted by Gasteiger charge is -2.33. The number of halogens is 3. The Morgan fingerprint density at radius 2 is 2.00 bits per heavy atom. The number of hydrogen-bond donors (Lipinski definition) is 1. The third-order valence-electron chi connectivity index (χ3n) is 3.62. The minimum atomic E-state index is -4.56. The topological polar surface area (TPSA) is 49.4 Å². The third kappa shape index (κ3) is 3.07. The Morgan fingerprint density at radius 1 is 1.33 bits per heavy atom. The Balaban J connectivity index is 2.50. The average Bonchev–Trinajstić information content (AvgIpc) is 2.37. The fourth-order valence-corrected chi connectivity index (χ4v) is 4.39. The van der Waals surface area contributed by atoms with E-state index in [9.17, 15) is 21.6 Å². The lowest BCUT2D eigenvalue weighted by molar-refractivity contribution is -0.138. The molecule has 2 rings (SSSR count). The number of sulfonamides is 1. The largest absolute Gasteiger partial charge is 0.416 e. The third-order valence-corrected chi connectivity index (χ3v) is 5.77. The van der Waals surface area contributed by atoms with Crippen molar-refractivity contribution < 1.29 is 21.6 Å². The van der Waals surface area contributed by atoms with Crippen molar-refractivity contribution in [2.45, 2.75) is 31.0 Å². The fraction of sp³-hybridized carbons (Fsp3) is 0.538. The van der Waals surface area contributed by atoms with Crippen LogP contribution < -0.4 is 5.32 Å². The molecule has 1 aromatic rings. The standard InChI is InChI=1S/C13H17F3N2O2S/c1-9-8-17-6-7-18(9)21(19,20)12-5-3-4-11(10(12)2)13(14,15)16/h3-5,9,17H,6-8H2,1-2H3/t9-/m1/s1. The van der Waals surface area contributed by atoms with Crippen LogP contribution in [0.4, 0.5) is 13.2 Å². The van der Waals surface area contributed by atoms with E-state index in [1.807, 2.05) is 0 Å². The van der Waals surface area contributed by atoms with Crippen molar-refractivity contribution in [3.63, 3.8) is 0 Å². The molecule has 1 N–H and O–H groups in total. The van der Waals surface area contributed by atoms with Gasteiger partial charge in [-0.05, 0) is 31.5 Å². The summed E-state index contributed by atoms with van der Waals surface area (Å²) in [5.41, 5.74) is -1.16. The van der Waals surface area contributed by atoms with Crippen molar-refractivity contribution in [2.24, 2.45) is 0 Å². The second-order valence-electron chi connectivity index (χ2n) is 5.10. The normalized spacial score (nSPS) is 21.5. The molecular weight excluding hydrogens is 305 g/mol. The van der Waals surface area contributed by atoms with E-state index < -0.39 is 21.8 Å². The highest BCUT2D eigenvalue weighted by molar-refractivity contribution is 7.89. The molecule has 4 nitrogen and oxygen atoms in total. The van der Waals surface area contributed by atoms with Gasteiger partial charge in [0.1, 0.15) is 0 Å². The zero-order chi connectivity index (χ0) is 15.8. The van der Waals surface area contributed by atoms with Crippen LogP contribution in [-0.2, 0) is 16.2 Å². The molecule has 0 unspecified atom stereocenters. The highest BCUT2D eigenvalue weighted by Crippen LogP contribution is 2.35. The molecule has 0 bridgehead atoms. The van der Waals surface area contributed by atoms with Crippen molar-refractivity contribution in [1.82, 2.24) is 9.62 Å². The van der Waals surface area contributed by atoms with Crippen LogP contribution >= 0.6 is 0 Å². The van der Waals surface area contributed by atoms with Gasteiger partial charge in [-0.3, -0.25) is 0 Å². The van der Waals surface area contributed by atoms with Gasteiger partial charge in [-0.15, -0.1) is 0 Å². The van der Waals surface area contributed by atoms with E-state index in [0.29, 0.717) is 13.1 Å². The smallest absolute Gasteiger partial charge is 0.314 e. The van der Waals surface area contributed by atoms with Gasteiger partial charge in [0.2, 0.25) is 10.0 Å². The summed E-state index contributed by atoms with van der Waals surface area (Å²) in [4.78, 5) is -0.272. The molecule has 1 heterocycles. The first-order valence-electron chi connectivity index (χ1n) is 6.55. The van der Waals surface area contributed by atoms with E-state index in [2.05, 4.69) is 5.32 Å². The Kier molecular flexibility index (Phi) is 4.32. The second-order valence-corrected chi connectivity index (χ2v) is 6.95. The average molecular weight is 322 g/mol. The van der Waals surface area contributed by atoms with E-state index in [1.54, 1.807) is 6.92 Å². The van der Waals surface area contributed by atoms with E-state index in [-0.39, 0.29) is 23.0 Å². The lowest BCUT2D eigenvalue weighted by atomic mass is 10.1. The summed E-state index contributed by atoms with van der Waals surface area (Å²) in [6.07, 6.45) is -4.56. The summed E-state index contributed by atoms with van der Waals surface area (Å²) in [7, 11) is -3.93. The minimum Gasteiger partial charge on any atom is -0.314 e. The van der Waals surface area contributed by atoms with Crippen LogP contribution in [0.2, 0.25) is 0 Å². The predicted octanol–water partition coefficient (Wildman–Crippen LogP) is 2.00. The summed E-state index contributed by atoms with van der Waals surface area (Å²) in [6, 6.07) is 2.97. The fourth-order valence-electron chi connectivity index (χ4n) is 2.51. The number of hydrogen-bond acceptors (Lipinski definition) is 3. The van der Waals surface area contributed by atoms with Crippen LogP contribution in [0.15, 0.2) is 23.1 Å². The number of rotatable bonds is 2. The van der Waals surface area contributed by atoms with E-state index >= 15 is 0 Å². The summed E-state index contributed by atoms with van der Waals surface area (Å²) >= 11 is 0. The van der Waals surface area contributed by atoms with Crippen molar-refractivity contribution >= 4 is 10.0 Å². The van der Waals surface area contributed by atoms with Gasteiger partial charge in [0.25, 0.3) is 0 Å². The number of alkyl halides is 3. The number of nitrogens with one attached hydrogen (secondary N) is 1. The molecule has 1 fully saturated rings. The van der Waals surface area contributed by atoms with Gasteiger partial charge < -0.3 is 5.32 Å². The Hall–Kier alpha value is -1.12. The van der Waals surface area contributed by atoms with Crippen molar-refractivity contribution in [1.29, 1.82) is 0 Å². The van der Waals surface area contributed by atoms with Gasteiger partial charge >= 0.3 is 6.18 Å². The molecule has 1 aliphatic rings. The molecule has 1 saturated heterocycles. The predicted molar refractivity (Wildman–Crippen MR) is 72.4 cm³/mol. The van der Waals surface area contributed by atoms with Crippen LogP contribution in [0, 0.1) is 6.92 Å². The van der Waals surface area contributed by atoms with Crippen molar-refractivity contribution in [3.8, 4) is 0 Å². The van der Waals surface area contributed by atoms with Crippen LogP contribution in [-0.4, -0.2) is 38.4 Å². The zero-order valence-corrected chi connectivity index (χ0v) is 12.6. The van der Waals surface area contributed by atoms with Gasteiger partial charge in [0.15, 0.2) is 0 Å². The molecule has 0 aliphatic carbocycles. The highest BCUT2D eigenvalue weighted by Gasteiger charge is 2.37. The maximum Gasteiger partial charge on any atom is 0.416 e. The molecule has 0 spiro atoms. The van der Waals surface area contributed by atoms with E-state index in [1.165, 1.54) is 17.3 Å². The quantitative estimate of drug-likeness (QED) is 0.906. The molecule has 1 aromatic carbocycles. The van der Waals surface area contributed by atoms with Crippen LogP contribution in [0.5, 0.6) is 0 Å². The van der Waals surface area contributed by atoms with Gasteiger partial charge in [-0.25, -0.2) is 8.42 Å². The van der Waals surface area contributed by atoms with Crippen LogP contribution in [0.1, 0.15) is 18.1 Å². The van der Waals surface area contributed by atoms with Crippen LogP contribution in [0.25, 0.3) is 0 Å². The van der Waals surface area contributed by atoms with Gasteiger partial charge in [-0.1, -0.05) is 6.07 Å². The van der Waals surface area contributed by atoms with Crippen molar-refractivity contribution in [3.05, 3.63) is 29.3 Å². The summed E-state index contributed by atoms with van der Waals surface area (Å²) in [5, 5.41) is 3.05. The minimum absolute atomic E-state index is 0.249. The van der Waals surface area contributed by atoms with Gasteiger partial charge in [-0.2, -0.15) is 17.5 Å². The Bertz CT molecular complexity index is 629. The number of piperazine rings is 1. The molecule has 8 heteroatoms. The molecule has 21 heavy (non-hydrogen) atoms. The van der Waals surface area contributed by atoms with E-state index in [0.717, 1.165) is 12.1 Å². The highest BCUT2D eigenvalue weighted by atomic mass is 32.2. The second kappa shape index (κ2) is 5.58. The van der Waals surface area contributed by atoms with E-state index in [4.69, 9.17) is 0 Å². The Morgan fingerprint density at radius 3 is 2.57 bits per heavy atom.